The van der Waals surface area contributed by atoms with E-state index in [1.54, 1.807) is 12.1 Å². The zero-order valence-corrected chi connectivity index (χ0v) is 13.5. The van der Waals surface area contributed by atoms with Gasteiger partial charge >= 0.3 is 0 Å². The summed E-state index contributed by atoms with van der Waals surface area (Å²) in [6.07, 6.45) is 2.91. The topological polar surface area (TPSA) is 42.2 Å². The smallest absolute Gasteiger partial charge is 0.180 e. The fraction of sp³-hybridized carbons (Fsp3) is 0.400. The standard InChI is InChI=1S/C15H18FN3S.ClH/c1-10-5-14(11-3-2-4-12(16)6-11)19(8-10)9-13-7-18-15(17)20-13;/h2-4,6-7,10,14H,5,8-9H2,1H3,(H2,17,18);1H. The maximum Gasteiger partial charge on any atom is 0.180 e. The molecule has 0 radical (unpaired) electrons. The molecule has 6 heteroatoms. The number of likely N-dealkylation sites (tertiary alicyclic amines) is 1. The summed E-state index contributed by atoms with van der Waals surface area (Å²) in [5.74, 6) is 0.456. The van der Waals surface area contributed by atoms with Crippen LogP contribution in [0.5, 0.6) is 0 Å². The maximum atomic E-state index is 13.4. The van der Waals surface area contributed by atoms with Crippen molar-refractivity contribution < 1.29 is 4.39 Å². The highest BCUT2D eigenvalue weighted by atomic mass is 35.5. The van der Waals surface area contributed by atoms with Gasteiger partial charge in [-0.1, -0.05) is 19.1 Å². The van der Waals surface area contributed by atoms with Gasteiger partial charge in [0.1, 0.15) is 5.82 Å². The third kappa shape index (κ3) is 3.73. The first-order valence-electron chi connectivity index (χ1n) is 6.81. The maximum absolute atomic E-state index is 13.4. The van der Waals surface area contributed by atoms with Crippen molar-refractivity contribution >= 4 is 28.9 Å². The number of nitrogen functional groups attached to an aromatic ring is 1. The molecular formula is C15H19ClFN3S. The van der Waals surface area contributed by atoms with E-state index in [0.29, 0.717) is 11.0 Å². The van der Waals surface area contributed by atoms with Crippen LogP contribution in [-0.4, -0.2) is 16.4 Å². The molecule has 1 aliphatic rings. The van der Waals surface area contributed by atoms with Crippen LogP contribution in [0, 0.1) is 11.7 Å². The Morgan fingerprint density at radius 2 is 2.29 bits per heavy atom. The number of hydrogen-bond donors (Lipinski definition) is 1. The average molecular weight is 328 g/mol. The van der Waals surface area contributed by atoms with Crippen LogP contribution >= 0.6 is 23.7 Å². The molecule has 3 nitrogen and oxygen atoms in total. The van der Waals surface area contributed by atoms with E-state index >= 15 is 0 Å². The zero-order valence-electron chi connectivity index (χ0n) is 11.8. The molecule has 1 fully saturated rings. The minimum absolute atomic E-state index is 0. The molecule has 114 valence electrons. The number of nitrogens with two attached hydrogens (primary N) is 1. The highest BCUT2D eigenvalue weighted by Crippen LogP contribution is 2.37. The van der Waals surface area contributed by atoms with Gasteiger partial charge in [-0.25, -0.2) is 9.37 Å². The quantitative estimate of drug-likeness (QED) is 0.930. The van der Waals surface area contributed by atoms with Gasteiger partial charge in [0.25, 0.3) is 0 Å². The number of nitrogens with zero attached hydrogens (tertiary/aromatic N) is 2. The number of thiazole rings is 1. The Kier molecular flexibility index (Phi) is 5.19. The van der Waals surface area contributed by atoms with Gasteiger partial charge in [-0.2, -0.15) is 0 Å². The van der Waals surface area contributed by atoms with E-state index in [0.717, 1.165) is 30.0 Å². The summed E-state index contributed by atoms with van der Waals surface area (Å²) in [4.78, 5) is 7.66. The lowest BCUT2D eigenvalue weighted by atomic mass is 10.0. The molecule has 0 bridgehead atoms. The van der Waals surface area contributed by atoms with Crippen LogP contribution < -0.4 is 5.73 Å². The fourth-order valence-electron chi connectivity index (χ4n) is 2.96. The van der Waals surface area contributed by atoms with Crippen LogP contribution in [0.3, 0.4) is 0 Å². The fourth-order valence-corrected chi connectivity index (χ4v) is 3.67. The Bertz CT molecular complexity index is 604. The molecule has 0 aliphatic carbocycles. The number of aromatic nitrogens is 1. The van der Waals surface area contributed by atoms with Crippen molar-refractivity contribution in [3.05, 3.63) is 46.7 Å². The van der Waals surface area contributed by atoms with E-state index in [1.165, 1.54) is 17.4 Å². The monoisotopic (exact) mass is 327 g/mol. The Morgan fingerprint density at radius 3 is 2.95 bits per heavy atom. The molecule has 1 saturated heterocycles. The van der Waals surface area contributed by atoms with Crippen LogP contribution in [0.2, 0.25) is 0 Å². The average Bonchev–Trinajstić information content (AvgIpc) is 2.96. The number of anilines is 1. The molecule has 1 aliphatic heterocycles. The first-order valence-corrected chi connectivity index (χ1v) is 7.63. The van der Waals surface area contributed by atoms with Crippen molar-refractivity contribution in [2.45, 2.75) is 25.9 Å². The lowest BCUT2D eigenvalue weighted by molar-refractivity contribution is 0.247. The Balaban J connectivity index is 0.00000161. The molecule has 2 heterocycles. The van der Waals surface area contributed by atoms with E-state index in [1.807, 2.05) is 12.3 Å². The second kappa shape index (κ2) is 6.73. The van der Waals surface area contributed by atoms with Crippen LogP contribution in [0.25, 0.3) is 0 Å². The Hall–Kier alpha value is -1.17. The van der Waals surface area contributed by atoms with Gasteiger partial charge in [-0.05, 0) is 30.0 Å². The molecule has 2 N–H and O–H groups in total. The van der Waals surface area contributed by atoms with Gasteiger partial charge in [-0.3, -0.25) is 4.90 Å². The number of rotatable bonds is 3. The summed E-state index contributed by atoms with van der Waals surface area (Å²) in [6, 6.07) is 7.23. The van der Waals surface area contributed by atoms with Gasteiger partial charge < -0.3 is 5.73 Å². The van der Waals surface area contributed by atoms with Crippen LogP contribution in [0.15, 0.2) is 30.5 Å². The molecule has 0 spiro atoms. The molecule has 1 aromatic carbocycles. The van der Waals surface area contributed by atoms with Crippen molar-refractivity contribution in [1.29, 1.82) is 0 Å². The minimum atomic E-state index is -0.163. The largest absolute Gasteiger partial charge is 0.375 e. The van der Waals surface area contributed by atoms with E-state index in [2.05, 4.69) is 16.8 Å². The lowest BCUT2D eigenvalue weighted by Crippen LogP contribution is -2.23. The zero-order chi connectivity index (χ0) is 14.1. The van der Waals surface area contributed by atoms with Crippen molar-refractivity contribution in [1.82, 2.24) is 9.88 Å². The molecular weight excluding hydrogens is 309 g/mol. The third-order valence-corrected chi connectivity index (χ3v) is 4.59. The molecule has 2 unspecified atom stereocenters. The van der Waals surface area contributed by atoms with Crippen molar-refractivity contribution in [3.8, 4) is 0 Å². The highest BCUT2D eigenvalue weighted by Gasteiger charge is 2.31. The van der Waals surface area contributed by atoms with Crippen molar-refractivity contribution in [2.75, 3.05) is 12.3 Å². The minimum Gasteiger partial charge on any atom is -0.375 e. The van der Waals surface area contributed by atoms with Crippen LogP contribution in [0.1, 0.15) is 29.8 Å². The molecule has 21 heavy (non-hydrogen) atoms. The van der Waals surface area contributed by atoms with Crippen molar-refractivity contribution in [3.63, 3.8) is 0 Å². The second-order valence-corrected chi connectivity index (χ2v) is 6.65. The predicted molar refractivity (Wildman–Crippen MR) is 87.1 cm³/mol. The lowest BCUT2D eigenvalue weighted by Gasteiger charge is -2.24. The number of hydrogen-bond acceptors (Lipinski definition) is 4. The van der Waals surface area contributed by atoms with Crippen LogP contribution in [0.4, 0.5) is 9.52 Å². The van der Waals surface area contributed by atoms with E-state index in [9.17, 15) is 4.39 Å². The normalized spacial score (nSPS) is 22.2. The first-order chi connectivity index (χ1) is 9.61. The summed E-state index contributed by atoms with van der Waals surface area (Å²) < 4.78 is 13.4. The second-order valence-electron chi connectivity index (χ2n) is 5.51. The molecule has 2 atom stereocenters. The summed E-state index contributed by atoms with van der Waals surface area (Å²) in [7, 11) is 0. The van der Waals surface area contributed by atoms with Crippen molar-refractivity contribution in [2.24, 2.45) is 5.92 Å². The number of benzene rings is 1. The van der Waals surface area contributed by atoms with E-state index in [-0.39, 0.29) is 24.3 Å². The van der Waals surface area contributed by atoms with Crippen LogP contribution in [-0.2, 0) is 6.54 Å². The highest BCUT2D eigenvalue weighted by molar-refractivity contribution is 7.15. The Labute approximate surface area is 134 Å². The summed E-state index contributed by atoms with van der Waals surface area (Å²) in [5, 5.41) is 0.606. The Morgan fingerprint density at radius 1 is 1.48 bits per heavy atom. The third-order valence-electron chi connectivity index (χ3n) is 3.78. The summed E-state index contributed by atoms with van der Waals surface area (Å²) in [6.45, 7) is 4.10. The van der Waals surface area contributed by atoms with Gasteiger partial charge in [0.15, 0.2) is 5.13 Å². The molecule has 0 saturated carbocycles. The van der Waals surface area contributed by atoms with E-state index < -0.39 is 0 Å². The number of halogens is 2. The SMILES string of the molecule is CC1CC(c2cccc(F)c2)N(Cc2cnc(N)s2)C1.Cl. The predicted octanol–water partition coefficient (Wildman–Crippen LogP) is 3.87. The van der Waals surface area contributed by atoms with E-state index in [4.69, 9.17) is 5.73 Å². The van der Waals surface area contributed by atoms with Gasteiger partial charge in [0, 0.05) is 30.2 Å². The molecule has 2 aromatic rings. The summed E-state index contributed by atoms with van der Waals surface area (Å²) in [5.41, 5.74) is 6.75. The summed E-state index contributed by atoms with van der Waals surface area (Å²) >= 11 is 1.53. The van der Waals surface area contributed by atoms with Gasteiger partial charge in [0.2, 0.25) is 0 Å². The first kappa shape index (κ1) is 16.2. The molecule has 3 rings (SSSR count). The molecule has 1 aromatic heterocycles. The van der Waals surface area contributed by atoms with Gasteiger partial charge in [-0.15, -0.1) is 23.7 Å². The van der Waals surface area contributed by atoms with Gasteiger partial charge in [0.05, 0.1) is 0 Å². The molecule has 0 amide bonds.